The van der Waals surface area contributed by atoms with Crippen LogP contribution in [0.2, 0.25) is 0 Å². The summed E-state index contributed by atoms with van der Waals surface area (Å²) in [6.45, 7) is 1.96. The lowest BCUT2D eigenvalue weighted by Crippen LogP contribution is -2.13. The van der Waals surface area contributed by atoms with Crippen LogP contribution in [0.1, 0.15) is 15.9 Å². The molecule has 104 valence electrons. The van der Waals surface area contributed by atoms with E-state index in [0.29, 0.717) is 11.4 Å². The van der Waals surface area contributed by atoms with Gasteiger partial charge < -0.3 is 5.32 Å². The summed E-state index contributed by atoms with van der Waals surface area (Å²) in [5, 5.41) is 4.98. The number of hydrogen-bond donors (Lipinski definition) is 1. The Morgan fingerprint density at radius 2 is 1.86 bits per heavy atom. The molecule has 0 bridgehead atoms. The van der Waals surface area contributed by atoms with Gasteiger partial charge in [-0.05, 0) is 57.4 Å². The standard InChI is InChI=1S/C17H13BrN2O/c1-11-8-16(19-10-15(11)18)20-17(21)14-7-6-12-4-2-3-5-13(12)9-14/h2-10H,1H3,(H,19,20,21). The summed E-state index contributed by atoms with van der Waals surface area (Å²) in [6.07, 6.45) is 1.69. The number of benzene rings is 2. The molecule has 3 nitrogen and oxygen atoms in total. The van der Waals surface area contributed by atoms with Crippen molar-refractivity contribution in [3.8, 4) is 0 Å². The Labute approximate surface area is 131 Å². The van der Waals surface area contributed by atoms with Gasteiger partial charge in [-0.25, -0.2) is 4.98 Å². The smallest absolute Gasteiger partial charge is 0.256 e. The Hall–Kier alpha value is -2.20. The van der Waals surface area contributed by atoms with Crippen LogP contribution in [0.15, 0.2) is 59.2 Å². The fraction of sp³-hybridized carbons (Fsp3) is 0.0588. The summed E-state index contributed by atoms with van der Waals surface area (Å²) in [6, 6.07) is 15.5. The monoisotopic (exact) mass is 340 g/mol. The average molecular weight is 341 g/mol. The maximum Gasteiger partial charge on any atom is 0.256 e. The van der Waals surface area contributed by atoms with Gasteiger partial charge >= 0.3 is 0 Å². The molecule has 21 heavy (non-hydrogen) atoms. The molecule has 1 aromatic heterocycles. The van der Waals surface area contributed by atoms with E-state index in [0.717, 1.165) is 20.8 Å². The van der Waals surface area contributed by atoms with Gasteiger partial charge in [0.05, 0.1) is 0 Å². The number of halogens is 1. The Kier molecular flexibility index (Phi) is 3.71. The van der Waals surface area contributed by atoms with Crippen LogP contribution in [-0.4, -0.2) is 10.9 Å². The minimum Gasteiger partial charge on any atom is -0.307 e. The SMILES string of the molecule is Cc1cc(NC(=O)c2ccc3ccccc3c2)ncc1Br. The molecule has 1 N–H and O–H groups in total. The molecule has 3 rings (SSSR count). The van der Waals surface area contributed by atoms with Crippen LogP contribution >= 0.6 is 15.9 Å². The van der Waals surface area contributed by atoms with Crippen molar-refractivity contribution in [1.82, 2.24) is 4.98 Å². The van der Waals surface area contributed by atoms with Crippen molar-refractivity contribution in [1.29, 1.82) is 0 Å². The summed E-state index contributed by atoms with van der Waals surface area (Å²) in [7, 11) is 0. The van der Waals surface area contributed by atoms with E-state index >= 15 is 0 Å². The van der Waals surface area contributed by atoms with E-state index in [1.54, 1.807) is 6.20 Å². The number of nitrogens with zero attached hydrogens (tertiary/aromatic N) is 1. The van der Waals surface area contributed by atoms with Crippen LogP contribution in [0, 0.1) is 6.92 Å². The molecule has 1 heterocycles. The van der Waals surface area contributed by atoms with Crippen LogP contribution < -0.4 is 5.32 Å². The first kappa shape index (κ1) is 13.8. The van der Waals surface area contributed by atoms with Gasteiger partial charge in [0.15, 0.2) is 0 Å². The predicted octanol–water partition coefficient (Wildman–Crippen LogP) is 4.56. The van der Waals surface area contributed by atoms with Gasteiger partial charge in [0, 0.05) is 16.2 Å². The van der Waals surface area contributed by atoms with Crippen molar-refractivity contribution in [3.63, 3.8) is 0 Å². The van der Waals surface area contributed by atoms with E-state index in [4.69, 9.17) is 0 Å². The lowest BCUT2D eigenvalue weighted by atomic mass is 10.1. The van der Waals surface area contributed by atoms with Gasteiger partial charge in [0.25, 0.3) is 5.91 Å². The molecule has 0 saturated heterocycles. The number of nitrogens with one attached hydrogen (secondary N) is 1. The highest BCUT2D eigenvalue weighted by atomic mass is 79.9. The highest BCUT2D eigenvalue weighted by molar-refractivity contribution is 9.10. The summed E-state index contributed by atoms with van der Waals surface area (Å²) < 4.78 is 0.922. The van der Waals surface area contributed by atoms with Crippen molar-refractivity contribution in [2.24, 2.45) is 0 Å². The van der Waals surface area contributed by atoms with Crippen molar-refractivity contribution in [2.45, 2.75) is 6.92 Å². The zero-order chi connectivity index (χ0) is 14.8. The molecule has 0 saturated carbocycles. The van der Waals surface area contributed by atoms with Crippen LogP contribution in [0.4, 0.5) is 5.82 Å². The molecule has 4 heteroatoms. The lowest BCUT2D eigenvalue weighted by Gasteiger charge is -2.07. The fourth-order valence-electron chi connectivity index (χ4n) is 2.13. The largest absolute Gasteiger partial charge is 0.307 e. The van der Waals surface area contributed by atoms with Crippen molar-refractivity contribution < 1.29 is 4.79 Å². The van der Waals surface area contributed by atoms with E-state index in [2.05, 4.69) is 26.2 Å². The second kappa shape index (κ2) is 5.66. The predicted molar refractivity (Wildman–Crippen MR) is 88.6 cm³/mol. The Morgan fingerprint density at radius 1 is 1.10 bits per heavy atom. The molecule has 1 amide bonds. The first-order valence-electron chi connectivity index (χ1n) is 6.56. The quantitative estimate of drug-likeness (QED) is 0.743. The topological polar surface area (TPSA) is 42.0 Å². The number of hydrogen-bond acceptors (Lipinski definition) is 2. The molecule has 0 aliphatic heterocycles. The maximum atomic E-state index is 12.3. The summed E-state index contributed by atoms with van der Waals surface area (Å²) in [5.74, 6) is 0.392. The maximum absolute atomic E-state index is 12.3. The normalized spacial score (nSPS) is 10.6. The van der Waals surface area contributed by atoms with Crippen LogP contribution in [-0.2, 0) is 0 Å². The molecule has 2 aromatic carbocycles. The van der Waals surface area contributed by atoms with Gasteiger partial charge in [-0.2, -0.15) is 0 Å². The number of aromatic nitrogens is 1. The first-order valence-corrected chi connectivity index (χ1v) is 7.35. The van der Waals surface area contributed by atoms with Gasteiger partial charge in [0.1, 0.15) is 5.82 Å². The van der Waals surface area contributed by atoms with Gasteiger partial charge in [0.2, 0.25) is 0 Å². The van der Waals surface area contributed by atoms with Gasteiger partial charge in [-0.3, -0.25) is 4.79 Å². The number of carbonyl (C=O) groups is 1. The molecule has 0 atom stereocenters. The van der Waals surface area contributed by atoms with Crippen LogP contribution in [0.25, 0.3) is 10.8 Å². The zero-order valence-corrected chi connectivity index (χ0v) is 13.0. The number of carbonyl (C=O) groups excluding carboxylic acids is 1. The van der Waals surface area contributed by atoms with E-state index in [1.807, 2.05) is 55.5 Å². The highest BCUT2D eigenvalue weighted by Crippen LogP contribution is 2.19. The molecule has 0 aliphatic rings. The lowest BCUT2D eigenvalue weighted by molar-refractivity contribution is 0.102. The number of rotatable bonds is 2. The third-order valence-corrected chi connectivity index (χ3v) is 4.13. The summed E-state index contributed by atoms with van der Waals surface area (Å²) >= 11 is 3.39. The molecular weight excluding hydrogens is 328 g/mol. The molecule has 0 unspecified atom stereocenters. The van der Waals surface area contributed by atoms with Gasteiger partial charge in [-0.1, -0.05) is 30.3 Å². The number of amides is 1. The van der Waals surface area contributed by atoms with E-state index in [-0.39, 0.29) is 5.91 Å². The summed E-state index contributed by atoms with van der Waals surface area (Å²) in [4.78, 5) is 16.5. The average Bonchev–Trinajstić information content (AvgIpc) is 2.50. The fourth-order valence-corrected chi connectivity index (χ4v) is 2.34. The zero-order valence-electron chi connectivity index (χ0n) is 11.4. The molecule has 0 aliphatic carbocycles. The second-order valence-corrected chi connectivity index (χ2v) is 5.69. The minimum atomic E-state index is -0.157. The number of pyridine rings is 1. The molecule has 0 spiro atoms. The molecule has 0 radical (unpaired) electrons. The van der Waals surface area contributed by atoms with Crippen LogP contribution in [0.5, 0.6) is 0 Å². The third-order valence-electron chi connectivity index (χ3n) is 3.30. The Morgan fingerprint density at radius 3 is 2.62 bits per heavy atom. The molecule has 3 aromatic rings. The van der Waals surface area contributed by atoms with Crippen LogP contribution in [0.3, 0.4) is 0 Å². The van der Waals surface area contributed by atoms with Crippen molar-refractivity contribution >= 4 is 38.4 Å². The third kappa shape index (κ3) is 2.95. The van der Waals surface area contributed by atoms with Crippen molar-refractivity contribution in [2.75, 3.05) is 5.32 Å². The van der Waals surface area contributed by atoms with E-state index in [9.17, 15) is 4.79 Å². The second-order valence-electron chi connectivity index (χ2n) is 4.83. The van der Waals surface area contributed by atoms with Crippen molar-refractivity contribution in [3.05, 3.63) is 70.3 Å². The highest BCUT2D eigenvalue weighted by Gasteiger charge is 2.08. The number of aryl methyl sites for hydroxylation is 1. The molecular formula is C17H13BrN2O. The summed E-state index contributed by atoms with van der Waals surface area (Å²) in [5.41, 5.74) is 1.65. The van der Waals surface area contributed by atoms with Gasteiger partial charge in [-0.15, -0.1) is 0 Å². The van der Waals surface area contributed by atoms with E-state index < -0.39 is 0 Å². The Bertz CT molecular complexity index is 830. The number of anilines is 1. The minimum absolute atomic E-state index is 0.157. The first-order chi connectivity index (χ1) is 10.1. The van der Waals surface area contributed by atoms with E-state index in [1.165, 1.54) is 0 Å². The number of fused-ring (bicyclic) bond motifs is 1. The molecule has 0 fully saturated rings. The Balaban J connectivity index is 1.87.